The Kier molecular flexibility index (Phi) is 11.7. The summed E-state index contributed by atoms with van der Waals surface area (Å²) in [5.74, 6) is 0.437. The van der Waals surface area contributed by atoms with Gasteiger partial charge in [-0.1, -0.05) is 78.8 Å². The summed E-state index contributed by atoms with van der Waals surface area (Å²) < 4.78 is 38.3. The van der Waals surface area contributed by atoms with E-state index in [0.29, 0.717) is 6.61 Å². The van der Waals surface area contributed by atoms with Crippen molar-refractivity contribution >= 4 is 0 Å². The zero-order valence-electron chi connectivity index (χ0n) is 26.2. The van der Waals surface area contributed by atoms with E-state index in [0.717, 1.165) is 18.4 Å². The summed E-state index contributed by atoms with van der Waals surface area (Å²) in [6.45, 7) is 17.3. The molecule has 0 bridgehead atoms. The Balaban J connectivity index is 1.50. The van der Waals surface area contributed by atoms with Gasteiger partial charge in [-0.15, -0.1) is 0 Å². The molecule has 3 heterocycles. The highest BCUT2D eigenvalue weighted by Crippen LogP contribution is 2.38. The average Bonchev–Trinajstić information content (AvgIpc) is 2.98. The molecule has 234 valence electrons. The molecule has 4 rings (SSSR count). The minimum absolute atomic E-state index is 0.00891. The third-order valence-corrected chi connectivity index (χ3v) is 10.2. The molecule has 0 amide bonds. The molecule has 3 aliphatic rings. The van der Waals surface area contributed by atoms with Gasteiger partial charge in [0.2, 0.25) is 0 Å². The highest BCUT2D eigenvalue weighted by atomic mass is 16.7. The third kappa shape index (κ3) is 7.35. The van der Waals surface area contributed by atoms with E-state index < -0.39 is 30.9 Å². The number of hydrogen-bond donors (Lipinski definition) is 2. The molecule has 0 saturated carbocycles. The van der Waals surface area contributed by atoms with Crippen LogP contribution in [0.25, 0.3) is 0 Å². The fourth-order valence-electron chi connectivity index (χ4n) is 6.72. The van der Waals surface area contributed by atoms with Gasteiger partial charge in [-0.2, -0.15) is 0 Å². The molecule has 1 aromatic rings. The first-order valence-electron chi connectivity index (χ1n) is 15.8. The Morgan fingerprint density at radius 3 is 1.78 bits per heavy atom. The van der Waals surface area contributed by atoms with Crippen LogP contribution >= 0.6 is 0 Å². The van der Waals surface area contributed by atoms with E-state index in [1.165, 1.54) is 0 Å². The molecule has 2 N–H and O–H groups in total. The van der Waals surface area contributed by atoms with Crippen LogP contribution in [0.15, 0.2) is 30.3 Å². The Bertz CT molecular complexity index is 912. The lowest BCUT2D eigenvalue weighted by molar-refractivity contribution is -0.328. The second kappa shape index (κ2) is 14.6. The van der Waals surface area contributed by atoms with Crippen LogP contribution in [0.5, 0.6) is 0 Å². The zero-order valence-corrected chi connectivity index (χ0v) is 26.2. The first-order valence-corrected chi connectivity index (χ1v) is 15.8. The van der Waals surface area contributed by atoms with Crippen LogP contribution in [0.1, 0.15) is 73.8 Å². The second-order valence-electron chi connectivity index (χ2n) is 12.8. The standard InChI is InChI=1S/C33H54O8/c1-9-25-18(3)20(5)28(34)32(39-25)37-17-27-22(7)30(41-33-29(35)21(6)19(4)26(10-2)40-33)31(23(8)38-27)36-16-24-14-12-11-13-15-24/h11-15,18-23,25-35H,9-10,16-17H2,1-8H3/t18-,19-,20-,21?,22+,23+,25?,26-,27?,28?,29?,30-,31?,32-,33+/m0/s1. The van der Waals surface area contributed by atoms with Gasteiger partial charge in [0.25, 0.3) is 0 Å². The van der Waals surface area contributed by atoms with Gasteiger partial charge < -0.3 is 38.6 Å². The van der Waals surface area contributed by atoms with Crippen molar-refractivity contribution in [2.75, 3.05) is 6.61 Å². The lowest BCUT2D eigenvalue weighted by atomic mass is 9.82. The Labute approximate surface area is 247 Å². The van der Waals surface area contributed by atoms with E-state index in [2.05, 4.69) is 48.5 Å². The van der Waals surface area contributed by atoms with Crippen molar-refractivity contribution in [2.45, 2.75) is 136 Å². The van der Waals surface area contributed by atoms with Crippen molar-refractivity contribution in [1.82, 2.24) is 0 Å². The molecular formula is C33H54O8. The first kappa shape index (κ1) is 32.8. The topological polar surface area (TPSA) is 95.8 Å². The van der Waals surface area contributed by atoms with E-state index in [9.17, 15) is 10.2 Å². The first-order chi connectivity index (χ1) is 19.6. The monoisotopic (exact) mass is 578 g/mol. The smallest absolute Gasteiger partial charge is 0.184 e. The Morgan fingerprint density at radius 1 is 0.634 bits per heavy atom. The number of aliphatic hydroxyl groups excluding tert-OH is 2. The number of hydrogen-bond acceptors (Lipinski definition) is 8. The molecule has 3 fully saturated rings. The van der Waals surface area contributed by atoms with Crippen molar-refractivity contribution in [2.24, 2.45) is 29.6 Å². The molecule has 0 aromatic heterocycles. The van der Waals surface area contributed by atoms with Gasteiger partial charge in [0.05, 0.1) is 43.7 Å². The molecule has 6 unspecified atom stereocenters. The van der Waals surface area contributed by atoms with Crippen LogP contribution in [0, 0.1) is 29.6 Å². The summed E-state index contributed by atoms with van der Waals surface area (Å²) in [5.41, 5.74) is 1.07. The quantitative estimate of drug-likeness (QED) is 0.404. The van der Waals surface area contributed by atoms with Crippen LogP contribution in [-0.2, 0) is 35.0 Å². The minimum Gasteiger partial charge on any atom is -0.388 e. The number of benzene rings is 1. The van der Waals surface area contributed by atoms with Gasteiger partial charge in [0, 0.05) is 5.92 Å². The van der Waals surface area contributed by atoms with E-state index in [-0.39, 0.29) is 66.7 Å². The largest absolute Gasteiger partial charge is 0.388 e. The van der Waals surface area contributed by atoms with Gasteiger partial charge >= 0.3 is 0 Å². The normalized spacial score (nSPS) is 45.5. The summed E-state index contributed by atoms with van der Waals surface area (Å²) >= 11 is 0. The average molecular weight is 579 g/mol. The molecule has 0 aliphatic carbocycles. The summed E-state index contributed by atoms with van der Waals surface area (Å²) in [6, 6.07) is 10.0. The molecule has 3 saturated heterocycles. The van der Waals surface area contributed by atoms with Crippen molar-refractivity contribution in [3.05, 3.63) is 35.9 Å². The minimum atomic E-state index is -0.760. The fourth-order valence-corrected chi connectivity index (χ4v) is 6.72. The van der Waals surface area contributed by atoms with Crippen molar-refractivity contribution in [3.63, 3.8) is 0 Å². The van der Waals surface area contributed by atoms with Gasteiger partial charge in [0.1, 0.15) is 18.3 Å². The highest BCUT2D eigenvalue weighted by molar-refractivity contribution is 5.13. The van der Waals surface area contributed by atoms with Crippen LogP contribution in [-0.4, -0.2) is 78.2 Å². The predicted octanol–water partition coefficient (Wildman–Crippen LogP) is 4.93. The lowest BCUT2D eigenvalue weighted by Crippen LogP contribution is -2.60. The molecule has 41 heavy (non-hydrogen) atoms. The molecule has 0 radical (unpaired) electrons. The molecular weight excluding hydrogens is 524 g/mol. The van der Waals surface area contributed by atoms with Crippen LogP contribution in [0.3, 0.4) is 0 Å². The SMILES string of the molecule is CCC1O[C@H](OCC2O[C@H](C)C(OCc3ccccc3)[C@@H](O[C@H]3O[C@@H](CC)[C@@H](C)C(C)C3O)[C@@H]2C)C(O)[C@@H](C)[C@@H]1C. The molecule has 8 heteroatoms. The Hall–Kier alpha value is -1.10. The highest BCUT2D eigenvalue weighted by Gasteiger charge is 2.49. The van der Waals surface area contributed by atoms with Gasteiger partial charge in [-0.3, -0.25) is 0 Å². The number of rotatable bonds is 10. The maximum absolute atomic E-state index is 11.2. The lowest BCUT2D eigenvalue weighted by Gasteiger charge is -2.49. The van der Waals surface area contributed by atoms with Gasteiger partial charge in [0.15, 0.2) is 12.6 Å². The summed E-state index contributed by atoms with van der Waals surface area (Å²) in [6.07, 6.45) is -2.58. The fraction of sp³-hybridized carbons (Fsp3) is 0.818. The van der Waals surface area contributed by atoms with Gasteiger partial charge in [-0.05, 0) is 49.0 Å². The van der Waals surface area contributed by atoms with E-state index in [1.54, 1.807) is 0 Å². The zero-order chi connectivity index (χ0) is 29.8. The Morgan fingerprint density at radius 2 is 1.20 bits per heavy atom. The molecule has 3 aliphatic heterocycles. The second-order valence-corrected chi connectivity index (χ2v) is 12.8. The molecule has 15 atom stereocenters. The van der Waals surface area contributed by atoms with E-state index in [1.807, 2.05) is 37.3 Å². The van der Waals surface area contributed by atoms with Crippen LogP contribution in [0.4, 0.5) is 0 Å². The molecule has 0 spiro atoms. The van der Waals surface area contributed by atoms with Crippen molar-refractivity contribution in [1.29, 1.82) is 0 Å². The van der Waals surface area contributed by atoms with E-state index >= 15 is 0 Å². The summed E-state index contributed by atoms with van der Waals surface area (Å²) in [5, 5.41) is 22.1. The summed E-state index contributed by atoms with van der Waals surface area (Å²) in [7, 11) is 0. The maximum Gasteiger partial charge on any atom is 0.184 e. The molecule has 8 nitrogen and oxygen atoms in total. The third-order valence-electron chi connectivity index (χ3n) is 10.2. The van der Waals surface area contributed by atoms with Crippen molar-refractivity contribution in [3.8, 4) is 0 Å². The van der Waals surface area contributed by atoms with Crippen LogP contribution in [0.2, 0.25) is 0 Å². The maximum atomic E-state index is 11.2. The summed E-state index contributed by atoms with van der Waals surface area (Å²) in [4.78, 5) is 0. The van der Waals surface area contributed by atoms with Gasteiger partial charge in [-0.25, -0.2) is 0 Å². The van der Waals surface area contributed by atoms with E-state index in [4.69, 9.17) is 28.4 Å². The number of ether oxygens (including phenoxy) is 6. The predicted molar refractivity (Wildman–Crippen MR) is 156 cm³/mol. The van der Waals surface area contributed by atoms with Crippen LogP contribution < -0.4 is 0 Å². The number of aliphatic hydroxyl groups is 2. The molecule has 1 aromatic carbocycles. The van der Waals surface area contributed by atoms with Crippen molar-refractivity contribution < 1.29 is 38.6 Å².